The molecule has 0 radical (unpaired) electrons. The van der Waals surface area contributed by atoms with Gasteiger partial charge in [0.1, 0.15) is 16.9 Å². The minimum atomic E-state index is -1.59. The molecular formula is C35H40O11. The van der Waals surface area contributed by atoms with Crippen LogP contribution in [0.25, 0.3) is 11.0 Å². The van der Waals surface area contributed by atoms with Gasteiger partial charge in [0.25, 0.3) is 0 Å². The minimum absolute atomic E-state index is 0.118. The fourth-order valence-electron chi connectivity index (χ4n) is 8.75. The number of benzene rings is 1. The van der Waals surface area contributed by atoms with Gasteiger partial charge in [-0.05, 0) is 78.0 Å². The molecule has 0 N–H and O–H groups in total. The zero-order valence-corrected chi connectivity index (χ0v) is 27.7. The number of esters is 4. The molecule has 7 rings (SSSR count). The summed E-state index contributed by atoms with van der Waals surface area (Å²) in [4.78, 5) is 67.4. The molecule has 6 atom stereocenters. The number of hydrogen-bond acceptors (Lipinski definition) is 11. The number of carbonyl (C=O) groups excluding carboxylic acids is 4. The first-order valence-electron chi connectivity index (χ1n) is 15.8. The molecule has 1 aromatic carbocycles. The van der Waals surface area contributed by atoms with Crippen LogP contribution in [-0.2, 0) is 38.1 Å². The van der Waals surface area contributed by atoms with Gasteiger partial charge in [-0.25, -0.2) is 14.4 Å². The van der Waals surface area contributed by atoms with Crippen LogP contribution < -0.4 is 10.4 Å². The van der Waals surface area contributed by atoms with Crippen molar-refractivity contribution in [2.45, 2.75) is 117 Å². The van der Waals surface area contributed by atoms with Gasteiger partial charge >= 0.3 is 29.5 Å². The molecule has 2 aliphatic carbocycles. The van der Waals surface area contributed by atoms with Crippen molar-refractivity contribution in [3.8, 4) is 5.75 Å². The lowest BCUT2D eigenvalue weighted by Crippen LogP contribution is -2.57. The molecule has 11 heteroatoms. The molecule has 0 amide bonds. The molecule has 5 aliphatic rings. The number of hydrogen-bond donors (Lipinski definition) is 0. The van der Waals surface area contributed by atoms with Gasteiger partial charge in [-0.1, -0.05) is 27.7 Å². The maximum absolute atomic E-state index is 14.4. The third-order valence-corrected chi connectivity index (χ3v) is 13.0. The lowest BCUT2D eigenvalue weighted by atomic mass is 9.66. The quantitative estimate of drug-likeness (QED) is 0.254. The summed E-state index contributed by atoms with van der Waals surface area (Å²) in [5.41, 5.74) is -7.61. The molecule has 4 bridgehead atoms. The van der Waals surface area contributed by atoms with E-state index >= 15 is 0 Å². The molecule has 2 saturated heterocycles. The zero-order valence-electron chi connectivity index (χ0n) is 27.7. The lowest BCUT2D eigenvalue weighted by Gasteiger charge is -2.46. The summed E-state index contributed by atoms with van der Waals surface area (Å²) in [7, 11) is 0. The second-order valence-corrected chi connectivity index (χ2v) is 15.8. The fourth-order valence-corrected chi connectivity index (χ4v) is 8.75. The van der Waals surface area contributed by atoms with Gasteiger partial charge in [0, 0.05) is 22.3 Å². The highest BCUT2D eigenvalue weighted by molar-refractivity contribution is 5.95. The van der Waals surface area contributed by atoms with Crippen molar-refractivity contribution in [1.29, 1.82) is 0 Å². The Labute approximate surface area is 266 Å². The Morgan fingerprint density at radius 1 is 0.739 bits per heavy atom. The predicted octanol–water partition coefficient (Wildman–Crippen LogP) is 5.01. The minimum Gasteiger partial charge on any atom is -0.483 e. The van der Waals surface area contributed by atoms with Crippen LogP contribution in [-0.4, -0.2) is 46.8 Å². The molecule has 46 heavy (non-hydrogen) atoms. The van der Waals surface area contributed by atoms with E-state index in [9.17, 15) is 24.0 Å². The largest absolute Gasteiger partial charge is 0.483 e. The van der Waals surface area contributed by atoms with Crippen LogP contribution in [0.15, 0.2) is 27.4 Å². The van der Waals surface area contributed by atoms with E-state index in [1.165, 1.54) is 6.07 Å². The summed E-state index contributed by atoms with van der Waals surface area (Å²) < 4.78 is 36.5. The van der Waals surface area contributed by atoms with Crippen molar-refractivity contribution in [3.05, 3.63) is 39.7 Å². The van der Waals surface area contributed by atoms with Crippen LogP contribution in [0.1, 0.15) is 98.3 Å². The van der Waals surface area contributed by atoms with E-state index in [4.69, 9.17) is 28.1 Å². The van der Waals surface area contributed by atoms with E-state index in [1.54, 1.807) is 39.8 Å². The van der Waals surface area contributed by atoms with Crippen molar-refractivity contribution in [2.75, 3.05) is 0 Å². The van der Waals surface area contributed by atoms with E-state index in [0.717, 1.165) is 5.56 Å². The highest BCUT2D eigenvalue weighted by Crippen LogP contribution is 2.67. The van der Waals surface area contributed by atoms with Gasteiger partial charge in [0.15, 0.2) is 12.2 Å². The van der Waals surface area contributed by atoms with Crippen LogP contribution in [0, 0.1) is 28.6 Å². The van der Waals surface area contributed by atoms with E-state index in [2.05, 4.69) is 0 Å². The van der Waals surface area contributed by atoms with E-state index in [1.807, 2.05) is 34.6 Å². The normalized spacial score (nSPS) is 37.3. The molecule has 0 unspecified atom stereocenters. The Bertz CT molecular complexity index is 1830. The van der Waals surface area contributed by atoms with E-state index < -0.39 is 80.2 Å². The van der Waals surface area contributed by atoms with Gasteiger partial charge in [0.2, 0.25) is 11.2 Å². The summed E-state index contributed by atoms with van der Waals surface area (Å²) in [6, 6.07) is 4.66. The summed E-state index contributed by atoms with van der Waals surface area (Å²) in [5.74, 6) is -2.24. The van der Waals surface area contributed by atoms with Gasteiger partial charge < -0.3 is 28.1 Å². The Balaban J connectivity index is 1.37. The average molecular weight is 637 g/mol. The van der Waals surface area contributed by atoms with Gasteiger partial charge in [-0.15, -0.1) is 0 Å². The highest BCUT2D eigenvalue weighted by Gasteiger charge is 2.78. The first-order valence-corrected chi connectivity index (χ1v) is 15.8. The van der Waals surface area contributed by atoms with E-state index in [-0.39, 0.29) is 29.7 Å². The number of fused-ring (bicyclic) bond motifs is 7. The van der Waals surface area contributed by atoms with Gasteiger partial charge in [-0.3, -0.25) is 9.59 Å². The Morgan fingerprint density at radius 3 is 1.74 bits per heavy atom. The van der Waals surface area contributed by atoms with Gasteiger partial charge in [0.05, 0.1) is 16.4 Å². The molecule has 246 valence electrons. The van der Waals surface area contributed by atoms with Crippen molar-refractivity contribution >= 4 is 34.8 Å². The Kier molecular flexibility index (Phi) is 5.83. The standard InChI is InChI=1S/C35H40O11/c1-17-16-19-21(22-18(17)10-11-20(36)41-22)23(42-27(39)34-14-12-32(8,25(37)45-34)30(34,4)5)24(29(2,3)44-19)43-28(40)35-15-13-33(9,26(38)46-35)31(35,6)7/h10-11,16,23-24H,12-15H2,1-9H3/t23-,24-,32-,33-,34-,35-/m1/s1. The summed E-state index contributed by atoms with van der Waals surface area (Å²) >= 11 is 0. The lowest BCUT2D eigenvalue weighted by molar-refractivity contribution is -0.217. The molecular weight excluding hydrogens is 596 g/mol. The number of ether oxygens (including phenoxy) is 5. The van der Waals surface area contributed by atoms with Crippen molar-refractivity contribution in [3.63, 3.8) is 0 Å². The second-order valence-electron chi connectivity index (χ2n) is 15.8. The monoisotopic (exact) mass is 636 g/mol. The second kappa shape index (κ2) is 8.72. The van der Waals surface area contributed by atoms with Crippen LogP contribution in [0.2, 0.25) is 0 Å². The third kappa shape index (κ3) is 3.31. The highest BCUT2D eigenvalue weighted by atomic mass is 16.7. The summed E-state index contributed by atoms with van der Waals surface area (Å²) in [6.07, 6.45) is -1.27. The molecule has 3 aliphatic heterocycles. The Morgan fingerprint density at radius 2 is 1.26 bits per heavy atom. The average Bonchev–Trinajstić information content (AvgIpc) is 3.42. The first-order chi connectivity index (χ1) is 21.2. The van der Waals surface area contributed by atoms with Crippen LogP contribution in [0.4, 0.5) is 0 Å². The maximum atomic E-state index is 14.4. The van der Waals surface area contributed by atoms with Crippen molar-refractivity contribution < 1.29 is 47.3 Å². The maximum Gasteiger partial charge on any atom is 0.351 e. The number of carbonyl (C=O) groups is 4. The van der Waals surface area contributed by atoms with Crippen molar-refractivity contribution in [1.82, 2.24) is 0 Å². The molecule has 2 saturated carbocycles. The summed E-state index contributed by atoms with van der Waals surface area (Å²) in [5, 5.41) is 0.572. The molecule has 1 aromatic heterocycles. The molecule has 11 nitrogen and oxygen atoms in total. The third-order valence-electron chi connectivity index (χ3n) is 13.0. The molecule has 4 fully saturated rings. The predicted molar refractivity (Wildman–Crippen MR) is 161 cm³/mol. The van der Waals surface area contributed by atoms with Crippen molar-refractivity contribution in [2.24, 2.45) is 21.7 Å². The Hall–Kier alpha value is -3.89. The van der Waals surface area contributed by atoms with Crippen LogP contribution in [0.3, 0.4) is 0 Å². The SMILES string of the molecule is Cc1cc2c(c3oc(=O)ccc13)[C@@H](OC(=O)[C@@]13CC[C@](C)(C(=O)O1)C3(C)C)[C@@H](OC(=O)[C@@]13CC[C@](C)(C(=O)O1)C3(C)C)C(C)(C)O2. The number of rotatable bonds is 4. The molecule has 0 spiro atoms. The molecule has 2 aromatic rings. The fraction of sp³-hybridized carbons (Fsp3) is 0.629. The number of aryl methyl sites for hydroxylation is 1. The summed E-state index contributed by atoms with van der Waals surface area (Å²) in [6.45, 7) is 16.1. The zero-order chi connectivity index (χ0) is 33.6. The molecule has 4 heterocycles. The van der Waals surface area contributed by atoms with Crippen LogP contribution in [0.5, 0.6) is 5.75 Å². The smallest absolute Gasteiger partial charge is 0.351 e. The van der Waals surface area contributed by atoms with E-state index in [0.29, 0.717) is 18.2 Å². The first kappa shape index (κ1) is 30.7. The van der Waals surface area contributed by atoms with Crippen LogP contribution >= 0.6 is 0 Å². The topological polar surface area (TPSA) is 145 Å². The van der Waals surface area contributed by atoms with Gasteiger partial charge in [-0.2, -0.15) is 0 Å².